The van der Waals surface area contributed by atoms with Gasteiger partial charge in [-0.3, -0.25) is 14.3 Å². The van der Waals surface area contributed by atoms with Crippen LogP contribution in [0.1, 0.15) is 24.8 Å². The second kappa shape index (κ2) is 5.06. The Morgan fingerprint density at radius 1 is 1.19 bits per heavy atom. The lowest BCUT2D eigenvalue weighted by atomic mass is 9.93. The summed E-state index contributed by atoms with van der Waals surface area (Å²) in [5.74, 6) is -0.0751. The highest BCUT2D eigenvalue weighted by atomic mass is 32.2. The number of aryl methyl sites for hydroxylation is 1. The van der Waals surface area contributed by atoms with Crippen LogP contribution < -0.4 is 0 Å². The minimum Gasteiger partial charge on any atom is -0.264 e. The smallest absolute Gasteiger partial charge is 0.264 e. The van der Waals surface area contributed by atoms with Crippen molar-refractivity contribution < 1.29 is 17.5 Å². The standard InChI is InChI=1S/C14H17NO5S/c1-9-2-4-11(5-3-9)21(18,19)20-14-8-10-6-12(14)13(7-10)15(16)17/h2-5,10,12-14H,6-8H2,1H3/t10-,12-,13-,14+/m1/s1. The van der Waals surface area contributed by atoms with Crippen molar-refractivity contribution >= 4 is 10.1 Å². The number of fused-ring (bicyclic) bond motifs is 2. The minimum absolute atomic E-state index is 0.105. The molecule has 2 fully saturated rings. The van der Waals surface area contributed by atoms with Crippen molar-refractivity contribution in [3.63, 3.8) is 0 Å². The van der Waals surface area contributed by atoms with Gasteiger partial charge in [0.1, 0.15) is 0 Å². The molecule has 2 bridgehead atoms. The molecule has 0 spiro atoms. The number of benzene rings is 1. The van der Waals surface area contributed by atoms with Gasteiger partial charge in [0, 0.05) is 11.3 Å². The summed E-state index contributed by atoms with van der Waals surface area (Å²) in [6.07, 6.45) is 1.27. The Balaban J connectivity index is 1.77. The van der Waals surface area contributed by atoms with Crippen molar-refractivity contribution in [1.29, 1.82) is 0 Å². The molecule has 0 radical (unpaired) electrons. The molecule has 0 aromatic heterocycles. The van der Waals surface area contributed by atoms with Crippen molar-refractivity contribution in [3.8, 4) is 0 Å². The molecule has 0 saturated heterocycles. The summed E-state index contributed by atoms with van der Waals surface area (Å²) < 4.78 is 29.8. The molecular weight excluding hydrogens is 294 g/mol. The second-order valence-corrected chi connectivity index (χ2v) is 7.56. The molecule has 6 nitrogen and oxygen atoms in total. The first-order chi connectivity index (χ1) is 9.87. The van der Waals surface area contributed by atoms with Crippen LogP contribution in [0.3, 0.4) is 0 Å². The summed E-state index contributed by atoms with van der Waals surface area (Å²) in [5, 5.41) is 11.0. The van der Waals surface area contributed by atoms with E-state index in [9.17, 15) is 18.5 Å². The zero-order chi connectivity index (χ0) is 15.2. The number of rotatable bonds is 4. The van der Waals surface area contributed by atoms with E-state index < -0.39 is 22.3 Å². The van der Waals surface area contributed by atoms with Gasteiger partial charge in [-0.05, 0) is 37.8 Å². The van der Waals surface area contributed by atoms with Gasteiger partial charge < -0.3 is 0 Å². The quantitative estimate of drug-likeness (QED) is 0.483. The van der Waals surface area contributed by atoms with Crippen molar-refractivity contribution in [2.24, 2.45) is 11.8 Å². The highest BCUT2D eigenvalue weighted by molar-refractivity contribution is 7.86. The third kappa shape index (κ3) is 2.67. The second-order valence-electron chi connectivity index (χ2n) is 5.99. The van der Waals surface area contributed by atoms with Gasteiger partial charge >= 0.3 is 0 Å². The predicted octanol–water partition coefficient (Wildman–Crippen LogP) is 2.14. The molecule has 0 amide bonds. The average molecular weight is 311 g/mol. The first-order valence-electron chi connectivity index (χ1n) is 7.00. The summed E-state index contributed by atoms with van der Waals surface area (Å²) >= 11 is 0. The number of hydrogen-bond donors (Lipinski definition) is 0. The van der Waals surface area contributed by atoms with Crippen molar-refractivity contribution in [1.82, 2.24) is 0 Å². The Kier molecular flexibility index (Phi) is 3.49. The van der Waals surface area contributed by atoms with E-state index in [4.69, 9.17) is 4.18 Å². The van der Waals surface area contributed by atoms with E-state index in [0.29, 0.717) is 19.3 Å². The molecule has 21 heavy (non-hydrogen) atoms. The molecule has 4 atom stereocenters. The number of hydrogen-bond acceptors (Lipinski definition) is 5. The Labute approximate surface area is 123 Å². The lowest BCUT2D eigenvalue weighted by Gasteiger charge is -2.24. The minimum atomic E-state index is -3.85. The molecule has 114 valence electrons. The lowest BCUT2D eigenvalue weighted by Crippen LogP contribution is -2.37. The van der Waals surface area contributed by atoms with Gasteiger partial charge in [0.05, 0.1) is 16.9 Å². The van der Waals surface area contributed by atoms with E-state index in [1.807, 2.05) is 6.92 Å². The maximum Gasteiger partial charge on any atom is 0.297 e. The molecule has 0 unspecified atom stereocenters. The maximum absolute atomic E-state index is 12.3. The van der Waals surface area contributed by atoms with Crippen LogP contribution in [0, 0.1) is 28.9 Å². The third-order valence-electron chi connectivity index (χ3n) is 4.55. The van der Waals surface area contributed by atoms with Crippen LogP contribution in [0.4, 0.5) is 0 Å². The predicted molar refractivity (Wildman–Crippen MR) is 74.9 cm³/mol. The van der Waals surface area contributed by atoms with Crippen molar-refractivity contribution in [3.05, 3.63) is 39.9 Å². The van der Waals surface area contributed by atoms with E-state index in [1.165, 1.54) is 12.1 Å². The van der Waals surface area contributed by atoms with Crippen LogP contribution in [0.15, 0.2) is 29.2 Å². The van der Waals surface area contributed by atoms with Gasteiger partial charge in [0.15, 0.2) is 0 Å². The lowest BCUT2D eigenvalue weighted by molar-refractivity contribution is -0.532. The molecule has 2 saturated carbocycles. The Hall–Kier alpha value is -1.47. The molecule has 7 heteroatoms. The molecule has 2 aliphatic rings. The first kappa shape index (κ1) is 14.5. The molecule has 0 N–H and O–H groups in total. The molecular formula is C14H17NO5S. The van der Waals surface area contributed by atoms with E-state index in [1.54, 1.807) is 12.1 Å². The van der Waals surface area contributed by atoms with Gasteiger partial charge in [0.2, 0.25) is 6.04 Å². The van der Waals surface area contributed by atoms with Gasteiger partial charge in [0.25, 0.3) is 10.1 Å². The highest BCUT2D eigenvalue weighted by Gasteiger charge is 2.54. The summed E-state index contributed by atoms with van der Waals surface area (Å²) in [6.45, 7) is 1.87. The van der Waals surface area contributed by atoms with Crippen LogP contribution >= 0.6 is 0 Å². The normalized spacial score (nSPS) is 31.5. The van der Waals surface area contributed by atoms with Crippen LogP contribution in [0.2, 0.25) is 0 Å². The molecule has 0 heterocycles. The van der Waals surface area contributed by atoms with E-state index in [2.05, 4.69) is 0 Å². The van der Waals surface area contributed by atoms with Crippen LogP contribution in [-0.4, -0.2) is 25.5 Å². The molecule has 3 rings (SSSR count). The molecule has 1 aromatic rings. The monoisotopic (exact) mass is 311 g/mol. The van der Waals surface area contributed by atoms with Crippen LogP contribution in [-0.2, 0) is 14.3 Å². The van der Waals surface area contributed by atoms with Gasteiger partial charge in [-0.25, -0.2) is 0 Å². The van der Waals surface area contributed by atoms with E-state index >= 15 is 0 Å². The Morgan fingerprint density at radius 2 is 1.86 bits per heavy atom. The van der Waals surface area contributed by atoms with Crippen LogP contribution in [0.25, 0.3) is 0 Å². The SMILES string of the molecule is Cc1ccc(S(=O)(=O)O[C@H]2C[C@@H]3C[C@@H]2[C@H]([N+](=O)[O-])C3)cc1. The zero-order valence-electron chi connectivity index (χ0n) is 11.6. The number of nitrogens with zero attached hydrogens (tertiary/aromatic N) is 1. The van der Waals surface area contributed by atoms with E-state index in [-0.39, 0.29) is 21.7 Å². The van der Waals surface area contributed by atoms with Gasteiger partial charge in [-0.1, -0.05) is 17.7 Å². The highest BCUT2D eigenvalue weighted by Crippen LogP contribution is 2.47. The fourth-order valence-corrected chi connectivity index (χ4v) is 4.65. The van der Waals surface area contributed by atoms with Gasteiger partial charge in [-0.15, -0.1) is 0 Å². The third-order valence-corrected chi connectivity index (χ3v) is 5.90. The van der Waals surface area contributed by atoms with Crippen LogP contribution in [0.5, 0.6) is 0 Å². The average Bonchev–Trinajstić information content (AvgIpc) is 2.98. The number of nitro groups is 1. The Morgan fingerprint density at radius 3 is 2.43 bits per heavy atom. The van der Waals surface area contributed by atoms with Gasteiger partial charge in [-0.2, -0.15) is 8.42 Å². The largest absolute Gasteiger partial charge is 0.297 e. The van der Waals surface area contributed by atoms with Crippen molar-refractivity contribution in [2.75, 3.05) is 0 Å². The van der Waals surface area contributed by atoms with Crippen molar-refractivity contribution in [2.45, 2.75) is 43.2 Å². The maximum atomic E-state index is 12.3. The summed E-state index contributed by atoms with van der Waals surface area (Å²) in [6, 6.07) is 5.75. The molecule has 2 aliphatic carbocycles. The fourth-order valence-electron chi connectivity index (χ4n) is 3.53. The molecule has 0 aliphatic heterocycles. The fraction of sp³-hybridized carbons (Fsp3) is 0.571. The summed E-state index contributed by atoms with van der Waals surface area (Å²) in [5.41, 5.74) is 0.960. The summed E-state index contributed by atoms with van der Waals surface area (Å²) in [7, 11) is -3.85. The first-order valence-corrected chi connectivity index (χ1v) is 8.41. The Bertz CT molecular complexity index is 654. The topological polar surface area (TPSA) is 86.5 Å². The molecule has 1 aromatic carbocycles. The van der Waals surface area contributed by atoms with E-state index in [0.717, 1.165) is 5.56 Å². The zero-order valence-corrected chi connectivity index (χ0v) is 12.5. The summed E-state index contributed by atoms with van der Waals surface area (Å²) in [4.78, 5) is 10.8.